The van der Waals surface area contributed by atoms with Crippen molar-refractivity contribution in [2.24, 2.45) is 0 Å². The molecule has 0 fully saturated rings. The third-order valence-corrected chi connectivity index (χ3v) is 4.54. The van der Waals surface area contributed by atoms with Crippen molar-refractivity contribution in [3.8, 4) is 9.75 Å². The number of rotatable bonds is 1. The lowest BCUT2D eigenvalue weighted by Gasteiger charge is -1.90. The molecule has 0 nitrogen and oxygen atoms in total. The van der Waals surface area contributed by atoms with Gasteiger partial charge in [-0.1, -0.05) is 6.07 Å². The summed E-state index contributed by atoms with van der Waals surface area (Å²) in [5.41, 5.74) is 0. The van der Waals surface area contributed by atoms with E-state index in [1.165, 1.54) is 19.1 Å². The van der Waals surface area contributed by atoms with E-state index in [4.69, 9.17) is 0 Å². The molecule has 2 heterocycles. The molecule has 0 saturated carbocycles. The van der Waals surface area contributed by atoms with Crippen LogP contribution in [0.15, 0.2) is 28.1 Å². The summed E-state index contributed by atoms with van der Waals surface area (Å²) < 4.78 is 1.22. The molecule has 0 aromatic carbocycles. The summed E-state index contributed by atoms with van der Waals surface area (Å²) in [7, 11) is 0. The van der Waals surface area contributed by atoms with Crippen LogP contribution >= 0.6 is 38.6 Å². The van der Waals surface area contributed by atoms with E-state index in [0.717, 1.165) is 0 Å². The first-order chi connectivity index (χ1) is 5.77. The largest absolute Gasteiger partial charge is 0.143 e. The van der Waals surface area contributed by atoms with E-state index in [1.54, 1.807) is 11.3 Å². The summed E-state index contributed by atoms with van der Waals surface area (Å²) in [5, 5.41) is 2.11. The van der Waals surface area contributed by atoms with Gasteiger partial charge in [-0.15, -0.1) is 22.7 Å². The fourth-order valence-corrected chi connectivity index (χ4v) is 3.91. The summed E-state index contributed by atoms with van der Waals surface area (Å²) >= 11 is 7.18. The zero-order valence-electron chi connectivity index (χ0n) is 6.50. The average molecular weight is 259 g/mol. The molecule has 12 heavy (non-hydrogen) atoms. The standard InChI is InChI=1S/C9H7BrS2/c1-6-5-7(10)9(12-6)8-3-2-4-11-8/h2-5H,1H3. The van der Waals surface area contributed by atoms with Crippen molar-refractivity contribution in [3.05, 3.63) is 32.9 Å². The fraction of sp³-hybridized carbons (Fsp3) is 0.111. The number of hydrogen-bond donors (Lipinski definition) is 0. The molecule has 2 aromatic rings. The van der Waals surface area contributed by atoms with Crippen molar-refractivity contribution in [2.45, 2.75) is 6.92 Å². The summed E-state index contributed by atoms with van der Waals surface area (Å²) in [6, 6.07) is 6.40. The van der Waals surface area contributed by atoms with E-state index in [-0.39, 0.29) is 0 Å². The van der Waals surface area contributed by atoms with E-state index >= 15 is 0 Å². The van der Waals surface area contributed by atoms with Crippen molar-refractivity contribution in [3.63, 3.8) is 0 Å². The van der Waals surface area contributed by atoms with Crippen molar-refractivity contribution in [1.29, 1.82) is 0 Å². The van der Waals surface area contributed by atoms with Gasteiger partial charge >= 0.3 is 0 Å². The lowest BCUT2D eigenvalue weighted by atomic mass is 10.4. The first kappa shape index (κ1) is 8.48. The molecule has 0 aliphatic heterocycles. The number of thiophene rings is 2. The zero-order chi connectivity index (χ0) is 8.55. The molecule has 2 aromatic heterocycles. The highest BCUT2D eigenvalue weighted by molar-refractivity contribution is 9.10. The second kappa shape index (κ2) is 3.32. The molecular formula is C9H7BrS2. The lowest BCUT2D eigenvalue weighted by molar-refractivity contribution is 1.62. The van der Waals surface area contributed by atoms with Gasteiger partial charge < -0.3 is 0 Å². The molecule has 0 N–H and O–H groups in total. The number of hydrogen-bond acceptors (Lipinski definition) is 2. The minimum Gasteiger partial charge on any atom is -0.143 e. The highest BCUT2D eigenvalue weighted by Crippen LogP contribution is 2.38. The van der Waals surface area contributed by atoms with E-state index in [2.05, 4.69) is 46.4 Å². The Kier molecular flexibility index (Phi) is 2.35. The van der Waals surface area contributed by atoms with Gasteiger partial charge in [0.25, 0.3) is 0 Å². The molecule has 62 valence electrons. The van der Waals surface area contributed by atoms with E-state index in [0.29, 0.717) is 0 Å². The molecule has 0 aliphatic carbocycles. The Morgan fingerprint density at radius 3 is 2.75 bits per heavy atom. The molecule has 0 spiro atoms. The van der Waals surface area contributed by atoms with Crippen LogP contribution in [0.1, 0.15) is 4.88 Å². The van der Waals surface area contributed by atoms with Crippen molar-refractivity contribution < 1.29 is 0 Å². The number of halogens is 1. The summed E-state index contributed by atoms with van der Waals surface area (Å²) in [6.07, 6.45) is 0. The zero-order valence-corrected chi connectivity index (χ0v) is 9.72. The average Bonchev–Trinajstić information content (AvgIpc) is 2.58. The van der Waals surface area contributed by atoms with Crippen molar-refractivity contribution >= 4 is 38.6 Å². The third kappa shape index (κ3) is 1.49. The molecule has 0 bridgehead atoms. The Bertz CT molecular complexity index is 373. The monoisotopic (exact) mass is 258 g/mol. The van der Waals surface area contributed by atoms with Crippen LogP contribution in [0, 0.1) is 6.92 Å². The minimum absolute atomic E-state index is 1.22. The molecule has 2 rings (SSSR count). The topological polar surface area (TPSA) is 0 Å². The molecule has 3 heteroatoms. The highest BCUT2D eigenvalue weighted by Gasteiger charge is 2.06. The molecule has 0 saturated heterocycles. The molecule has 0 amide bonds. The first-order valence-electron chi connectivity index (χ1n) is 3.57. The van der Waals surface area contributed by atoms with Gasteiger partial charge in [-0.05, 0) is 40.4 Å². The first-order valence-corrected chi connectivity index (χ1v) is 6.06. The molecule has 0 atom stereocenters. The van der Waals surface area contributed by atoms with Crippen molar-refractivity contribution in [1.82, 2.24) is 0 Å². The molecule has 0 aliphatic rings. The Morgan fingerprint density at radius 2 is 2.25 bits per heavy atom. The third-order valence-electron chi connectivity index (χ3n) is 1.55. The van der Waals surface area contributed by atoms with Crippen LogP contribution < -0.4 is 0 Å². The predicted molar refractivity (Wildman–Crippen MR) is 60.1 cm³/mol. The highest BCUT2D eigenvalue weighted by atomic mass is 79.9. The van der Waals surface area contributed by atoms with Crippen LogP contribution in [0.25, 0.3) is 9.75 Å². The Morgan fingerprint density at radius 1 is 1.42 bits per heavy atom. The predicted octanol–water partition coefficient (Wildman–Crippen LogP) is 4.55. The lowest BCUT2D eigenvalue weighted by Crippen LogP contribution is -1.60. The minimum atomic E-state index is 1.22. The molecule has 0 unspecified atom stereocenters. The Balaban J connectivity index is 2.54. The number of aryl methyl sites for hydroxylation is 1. The molecular weight excluding hydrogens is 252 g/mol. The van der Waals surface area contributed by atoms with Gasteiger partial charge in [0.05, 0.1) is 4.88 Å². The van der Waals surface area contributed by atoms with Gasteiger partial charge in [0, 0.05) is 14.2 Å². The quantitative estimate of drug-likeness (QED) is 0.704. The normalized spacial score (nSPS) is 10.5. The SMILES string of the molecule is Cc1cc(Br)c(-c2cccs2)s1. The van der Waals surface area contributed by atoms with Gasteiger partial charge in [0.2, 0.25) is 0 Å². The van der Waals surface area contributed by atoms with Crippen LogP contribution in [0.2, 0.25) is 0 Å². The van der Waals surface area contributed by atoms with Crippen LogP contribution in [-0.4, -0.2) is 0 Å². The maximum absolute atomic E-state index is 3.56. The maximum atomic E-state index is 3.56. The summed E-state index contributed by atoms with van der Waals surface area (Å²) in [6.45, 7) is 2.13. The Labute approximate surface area is 88.0 Å². The van der Waals surface area contributed by atoms with Crippen LogP contribution in [0.4, 0.5) is 0 Å². The van der Waals surface area contributed by atoms with Gasteiger partial charge in [0.15, 0.2) is 0 Å². The second-order valence-electron chi connectivity index (χ2n) is 2.51. The van der Waals surface area contributed by atoms with Gasteiger partial charge in [0.1, 0.15) is 0 Å². The Hall–Kier alpha value is -0.120. The van der Waals surface area contributed by atoms with Gasteiger partial charge in [-0.25, -0.2) is 0 Å². The fourth-order valence-electron chi connectivity index (χ4n) is 1.06. The van der Waals surface area contributed by atoms with Crippen molar-refractivity contribution in [2.75, 3.05) is 0 Å². The van der Waals surface area contributed by atoms with Crippen LogP contribution in [0.5, 0.6) is 0 Å². The van der Waals surface area contributed by atoms with Gasteiger partial charge in [-0.3, -0.25) is 0 Å². The van der Waals surface area contributed by atoms with Gasteiger partial charge in [-0.2, -0.15) is 0 Å². The smallest absolute Gasteiger partial charge is 0.0587 e. The van der Waals surface area contributed by atoms with Crippen LogP contribution in [0.3, 0.4) is 0 Å². The summed E-state index contributed by atoms with van der Waals surface area (Å²) in [4.78, 5) is 4.05. The second-order valence-corrected chi connectivity index (χ2v) is 5.57. The maximum Gasteiger partial charge on any atom is 0.0587 e. The van der Waals surface area contributed by atoms with E-state index < -0.39 is 0 Å². The van der Waals surface area contributed by atoms with E-state index in [9.17, 15) is 0 Å². The van der Waals surface area contributed by atoms with Crippen LogP contribution in [-0.2, 0) is 0 Å². The summed E-state index contributed by atoms with van der Waals surface area (Å²) in [5.74, 6) is 0. The van der Waals surface area contributed by atoms with E-state index in [1.807, 2.05) is 11.3 Å². The molecule has 0 radical (unpaired) electrons.